The highest BCUT2D eigenvalue weighted by atomic mass is 32.2. The molecule has 0 aliphatic rings. The number of aliphatic hydroxyl groups is 1. The summed E-state index contributed by atoms with van der Waals surface area (Å²) in [7, 11) is -3.25. The van der Waals surface area contributed by atoms with E-state index >= 15 is 0 Å². The molecule has 15 heavy (non-hydrogen) atoms. The molecular formula is C11H14O3S. The Morgan fingerprint density at radius 2 is 1.93 bits per heavy atom. The van der Waals surface area contributed by atoms with Crippen LogP contribution < -0.4 is 0 Å². The van der Waals surface area contributed by atoms with E-state index in [1.807, 2.05) is 6.07 Å². The van der Waals surface area contributed by atoms with E-state index in [2.05, 4.69) is 6.58 Å². The molecule has 1 N–H and O–H groups in total. The molecule has 1 atom stereocenters. The number of benzene rings is 1. The minimum absolute atomic E-state index is 0.100. The molecule has 0 aromatic heterocycles. The first-order valence-corrected chi connectivity index (χ1v) is 6.41. The van der Waals surface area contributed by atoms with Crippen LogP contribution in [0.4, 0.5) is 0 Å². The van der Waals surface area contributed by atoms with E-state index in [1.165, 1.54) is 6.08 Å². The normalized spacial score (nSPS) is 13.4. The molecule has 0 bridgehead atoms. The second kappa shape index (κ2) is 5.09. The fourth-order valence-electron chi connectivity index (χ4n) is 1.26. The van der Waals surface area contributed by atoms with Crippen molar-refractivity contribution in [3.05, 3.63) is 48.6 Å². The number of rotatable bonds is 5. The van der Waals surface area contributed by atoms with E-state index in [0.717, 1.165) is 0 Å². The molecule has 0 aliphatic carbocycles. The number of hydrogen-bond acceptors (Lipinski definition) is 3. The Morgan fingerprint density at radius 3 is 2.47 bits per heavy atom. The largest absolute Gasteiger partial charge is 0.387 e. The third kappa shape index (κ3) is 3.85. The first-order chi connectivity index (χ1) is 7.05. The molecule has 0 aliphatic heterocycles. The molecule has 0 radical (unpaired) electrons. The summed E-state index contributed by atoms with van der Waals surface area (Å²) >= 11 is 0. The summed E-state index contributed by atoms with van der Waals surface area (Å²) < 4.78 is 22.8. The van der Waals surface area contributed by atoms with E-state index < -0.39 is 15.9 Å². The van der Waals surface area contributed by atoms with Gasteiger partial charge in [-0.25, -0.2) is 8.42 Å². The second-order valence-electron chi connectivity index (χ2n) is 3.29. The summed E-state index contributed by atoms with van der Waals surface area (Å²) in [6, 6.07) is 8.74. The molecule has 0 saturated carbocycles. The maximum absolute atomic E-state index is 11.4. The molecule has 0 spiro atoms. The predicted octanol–water partition coefficient (Wildman–Crippen LogP) is 1.32. The van der Waals surface area contributed by atoms with Crippen molar-refractivity contribution >= 4 is 9.84 Å². The van der Waals surface area contributed by atoms with Gasteiger partial charge in [0, 0.05) is 0 Å². The minimum Gasteiger partial charge on any atom is -0.387 e. The van der Waals surface area contributed by atoms with Gasteiger partial charge in [-0.2, -0.15) is 0 Å². The van der Waals surface area contributed by atoms with E-state index in [4.69, 9.17) is 0 Å². The first-order valence-electron chi connectivity index (χ1n) is 4.59. The smallest absolute Gasteiger partial charge is 0.156 e. The van der Waals surface area contributed by atoms with Gasteiger partial charge in [0.25, 0.3) is 0 Å². The van der Waals surface area contributed by atoms with Gasteiger partial charge < -0.3 is 5.11 Å². The third-order valence-corrected chi connectivity index (χ3v) is 3.54. The summed E-state index contributed by atoms with van der Waals surface area (Å²) in [6.45, 7) is 3.37. The van der Waals surface area contributed by atoms with E-state index in [9.17, 15) is 13.5 Å². The van der Waals surface area contributed by atoms with Crippen LogP contribution in [0.3, 0.4) is 0 Å². The lowest BCUT2D eigenvalue weighted by molar-refractivity contribution is 0.202. The Morgan fingerprint density at radius 1 is 1.33 bits per heavy atom. The van der Waals surface area contributed by atoms with Crippen molar-refractivity contribution in [3.8, 4) is 0 Å². The zero-order chi connectivity index (χ0) is 11.3. The van der Waals surface area contributed by atoms with Gasteiger partial charge >= 0.3 is 0 Å². The number of aliphatic hydroxyl groups excluding tert-OH is 1. The highest BCUT2D eigenvalue weighted by Crippen LogP contribution is 2.14. The van der Waals surface area contributed by atoms with Crippen molar-refractivity contribution in [2.45, 2.75) is 6.10 Å². The molecule has 1 unspecified atom stereocenters. The SMILES string of the molecule is C=CCS(=O)(=O)CC(O)c1ccccc1. The molecule has 4 heteroatoms. The molecule has 0 amide bonds. The Kier molecular flexibility index (Phi) is 4.05. The molecule has 1 rings (SSSR count). The average Bonchev–Trinajstić information content (AvgIpc) is 2.18. The van der Waals surface area contributed by atoms with Crippen molar-refractivity contribution in [2.24, 2.45) is 0 Å². The molecule has 0 heterocycles. The van der Waals surface area contributed by atoms with Gasteiger partial charge in [-0.3, -0.25) is 0 Å². The third-order valence-electron chi connectivity index (χ3n) is 1.97. The van der Waals surface area contributed by atoms with Crippen molar-refractivity contribution in [2.75, 3.05) is 11.5 Å². The zero-order valence-electron chi connectivity index (χ0n) is 8.33. The first kappa shape index (κ1) is 11.9. The lowest BCUT2D eigenvalue weighted by Crippen LogP contribution is -2.16. The van der Waals surface area contributed by atoms with E-state index in [1.54, 1.807) is 24.3 Å². The fourth-order valence-corrected chi connectivity index (χ4v) is 2.43. The van der Waals surface area contributed by atoms with Gasteiger partial charge in [-0.05, 0) is 5.56 Å². The second-order valence-corrected chi connectivity index (χ2v) is 5.45. The van der Waals surface area contributed by atoms with Crippen LogP contribution in [0.15, 0.2) is 43.0 Å². The van der Waals surface area contributed by atoms with Crippen LogP contribution in [0.25, 0.3) is 0 Å². The van der Waals surface area contributed by atoms with Crippen molar-refractivity contribution in [3.63, 3.8) is 0 Å². The summed E-state index contributed by atoms with van der Waals surface area (Å²) in [5.74, 6) is -0.361. The maximum atomic E-state index is 11.4. The molecule has 0 saturated heterocycles. The van der Waals surface area contributed by atoms with Gasteiger partial charge in [-0.1, -0.05) is 36.4 Å². The van der Waals surface area contributed by atoms with Crippen LogP contribution in [-0.2, 0) is 9.84 Å². The quantitative estimate of drug-likeness (QED) is 0.770. The number of sulfone groups is 1. The van der Waals surface area contributed by atoms with Crippen LogP contribution in [-0.4, -0.2) is 25.0 Å². The highest BCUT2D eigenvalue weighted by molar-refractivity contribution is 7.91. The Labute approximate surface area is 90.0 Å². The van der Waals surface area contributed by atoms with Gasteiger partial charge in [0.05, 0.1) is 17.6 Å². The molecular weight excluding hydrogens is 212 g/mol. The summed E-state index contributed by atoms with van der Waals surface area (Å²) in [4.78, 5) is 0. The van der Waals surface area contributed by atoms with Gasteiger partial charge in [0.15, 0.2) is 9.84 Å². The lowest BCUT2D eigenvalue weighted by atomic mass is 10.1. The summed E-state index contributed by atoms with van der Waals surface area (Å²) in [5.41, 5.74) is 0.616. The van der Waals surface area contributed by atoms with Gasteiger partial charge in [0.2, 0.25) is 0 Å². The van der Waals surface area contributed by atoms with Crippen molar-refractivity contribution in [1.29, 1.82) is 0 Å². The van der Waals surface area contributed by atoms with Crippen LogP contribution in [0, 0.1) is 0 Å². The predicted molar refractivity (Wildman–Crippen MR) is 60.3 cm³/mol. The maximum Gasteiger partial charge on any atom is 0.156 e. The van der Waals surface area contributed by atoms with E-state index in [-0.39, 0.29) is 11.5 Å². The van der Waals surface area contributed by atoms with Crippen LogP contribution in [0.1, 0.15) is 11.7 Å². The minimum atomic E-state index is -3.25. The van der Waals surface area contributed by atoms with E-state index in [0.29, 0.717) is 5.56 Å². The van der Waals surface area contributed by atoms with Gasteiger partial charge in [0.1, 0.15) is 0 Å². The molecule has 0 fully saturated rings. The average molecular weight is 226 g/mol. The summed E-state index contributed by atoms with van der Waals surface area (Å²) in [5, 5.41) is 9.67. The number of hydrogen-bond donors (Lipinski definition) is 1. The lowest BCUT2D eigenvalue weighted by Gasteiger charge is -2.10. The Hall–Kier alpha value is -1.13. The van der Waals surface area contributed by atoms with Crippen LogP contribution >= 0.6 is 0 Å². The Balaban J connectivity index is 2.72. The molecule has 3 nitrogen and oxygen atoms in total. The fraction of sp³-hybridized carbons (Fsp3) is 0.273. The molecule has 1 aromatic rings. The zero-order valence-corrected chi connectivity index (χ0v) is 9.15. The topological polar surface area (TPSA) is 54.4 Å². The monoisotopic (exact) mass is 226 g/mol. The van der Waals surface area contributed by atoms with Crippen LogP contribution in [0.2, 0.25) is 0 Å². The Bertz CT molecular complexity index is 409. The highest BCUT2D eigenvalue weighted by Gasteiger charge is 2.16. The molecule has 1 aromatic carbocycles. The van der Waals surface area contributed by atoms with Crippen LogP contribution in [0.5, 0.6) is 0 Å². The van der Waals surface area contributed by atoms with Crippen molar-refractivity contribution < 1.29 is 13.5 Å². The molecule has 82 valence electrons. The standard InChI is InChI=1S/C11H14O3S/c1-2-8-15(13,14)9-11(12)10-6-4-3-5-7-10/h2-7,11-12H,1,8-9H2. The van der Waals surface area contributed by atoms with Crippen molar-refractivity contribution in [1.82, 2.24) is 0 Å². The summed E-state index contributed by atoms with van der Waals surface area (Å²) in [6.07, 6.45) is 0.365. The van der Waals surface area contributed by atoms with Gasteiger partial charge in [-0.15, -0.1) is 6.58 Å².